The zero-order chi connectivity index (χ0) is 11.8. The van der Waals surface area contributed by atoms with Crippen LogP contribution in [0.3, 0.4) is 0 Å². The summed E-state index contributed by atoms with van der Waals surface area (Å²) in [6.07, 6.45) is 5.80. The highest BCUT2D eigenvalue weighted by atomic mass is 16.1. The third kappa shape index (κ3) is 4.81. The maximum absolute atomic E-state index is 11.8. The van der Waals surface area contributed by atoms with Crippen LogP contribution in [0.2, 0.25) is 0 Å². The van der Waals surface area contributed by atoms with Crippen LogP contribution in [-0.2, 0) is 4.79 Å². The van der Waals surface area contributed by atoms with Crippen molar-refractivity contribution in [3.8, 4) is 0 Å². The molecule has 0 aliphatic heterocycles. The first-order chi connectivity index (χ1) is 7.15. The standard InChI is InChI=1S/C12H22O.C2H6/c1-4-10(3)12(13)11-7-5-9(2)6-8-11;1-2/h9-11H,4-8H2,1-3H3;1-2H3. The number of rotatable bonds is 3. The first-order valence-corrected chi connectivity index (χ1v) is 6.68. The van der Waals surface area contributed by atoms with E-state index in [9.17, 15) is 4.79 Å². The molecule has 0 saturated heterocycles. The van der Waals surface area contributed by atoms with E-state index >= 15 is 0 Å². The Morgan fingerprint density at radius 2 is 1.67 bits per heavy atom. The molecule has 1 nitrogen and oxygen atoms in total. The maximum Gasteiger partial charge on any atom is 0.138 e. The van der Waals surface area contributed by atoms with Crippen LogP contribution < -0.4 is 0 Å². The number of ketones is 1. The summed E-state index contributed by atoms with van der Waals surface area (Å²) in [6.45, 7) is 10.5. The third-order valence-electron chi connectivity index (χ3n) is 3.52. The van der Waals surface area contributed by atoms with E-state index in [1.807, 2.05) is 13.8 Å². The minimum Gasteiger partial charge on any atom is -0.299 e. The van der Waals surface area contributed by atoms with Gasteiger partial charge in [-0.25, -0.2) is 0 Å². The van der Waals surface area contributed by atoms with Crippen molar-refractivity contribution < 1.29 is 4.79 Å². The normalized spacial score (nSPS) is 27.5. The zero-order valence-electron chi connectivity index (χ0n) is 11.2. The first-order valence-electron chi connectivity index (χ1n) is 6.68. The fourth-order valence-corrected chi connectivity index (χ4v) is 2.15. The fraction of sp³-hybridized carbons (Fsp3) is 0.929. The Morgan fingerprint density at radius 3 is 2.07 bits per heavy atom. The van der Waals surface area contributed by atoms with Crippen LogP contribution in [0.25, 0.3) is 0 Å². The van der Waals surface area contributed by atoms with Crippen LogP contribution in [0.5, 0.6) is 0 Å². The van der Waals surface area contributed by atoms with Crippen molar-refractivity contribution in [2.75, 3.05) is 0 Å². The molecule has 0 heterocycles. The Labute approximate surface area is 95.6 Å². The average Bonchev–Trinajstić information content (AvgIpc) is 2.31. The molecule has 1 atom stereocenters. The van der Waals surface area contributed by atoms with Gasteiger partial charge in [-0.15, -0.1) is 0 Å². The molecule has 1 rings (SSSR count). The number of Topliss-reactive ketones (excluding diaryl/α,β-unsaturated/α-hetero) is 1. The van der Waals surface area contributed by atoms with Crippen molar-refractivity contribution in [1.29, 1.82) is 0 Å². The second kappa shape index (κ2) is 7.90. The minimum absolute atomic E-state index is 0.290. The van der Waals surface area contributed by atoms with Crippen LogP contribution in [0.1, 0.15) is 66.7 Å². The Kier molecular flexibility index (Phi) is 7.72. The van der Waals surface area contributed by atoms with Crippen LogP contribution >= 0.6 is 0 Å². The van der Waals surface area contributed by atoms with Crippen molar-refractivity contribution in [3.63, 3.8) is 0 Å². The predicted molar refractivity (Wildman–Crippen MR) is 66.9 cm³/mol. The lowest BCUT2D eigenvalue weighted by atomic mass is 9.78. The number of carbonyl (C=O) groups is 1. The Balaban J connectivity index is 0.000000921. The van der Waals surface area contributed by atoms with E-state index in [0.717, 1.165) is 25.2 Å². The van der Waals surface area contributed by atoms with Crippen molar-refractivity contribution in [1.82, 2.24) is 0 Å². The Morgan fingerprint density at radius 1 is 1.20 bits per heavy atom. The predicted octanol–water partition coefficient (Wildman–Crippen LogP) is 4.45. The average molecular weight is 212 g/mol. The zero-order valence-corrected chi connectivity index (χ0v) is 11.2. The van der Waals surface area contributed by atoms with Gasteiger partial charge < -0.3 is 0 Å². The molecule has 0 aromatic heterocycles. The van der Waals surface area contributed by atoms with Crippen LogP contribution in [0.4, 0.5) is 0 Å². The van der Waals surface area contributed by atoms with Gasteiger partial charge in [0.2, 0.25) is 0 Å². The summed E-state index contributed by atoms with van der Waals surface area (Å²) < 4.78 is 0. The van der Waals surface area contributed by atoms with Gasteiger partial charge in [-0.1, -0.05) is 47.5 Å². The summed E-state index contributed by atoms with van der Waals surface area (Å²) in [5, 5.41) is 0. The largest absolute Gasteiger partial charge is 0.299 e. The molecule has 1 saturated carbocycles. The molecule has 0 bridgehead atoms. The van der Waals surface area contributed by atoms with Crippen molar-refractivity contribution in [3.05, 3.63) is 0 Å². The van der Waals surface area contributed by atoms with Crippen molar-refractivity contribution in [2.45, 2.75) is 66.7 Å². The summed E-state index contributed by atoms with van der Waals surface area (Å²) in [5.41, 5.74) is 0. The summed E-state index contributed by atoms with van der Waals surface area (Å²) in [6, 6.07) is 0. The van der Waals surface area contributed by atoms with Gasteiger partial charge in [-0.2, -0.15) is 0 Å². The molecule has 0 spiro atoms. The Hall–Kier alpha value is -0.330. The molecule has 0 amide bonds. The van der Waals surface area contributed by atoms with Gasteiger partial charge in [-0.05, 0) is 25.2 Å². The second-order valence-corrected chi connectivity index (χ2v) is 4.67. The van der Waals surface area contributed by atoms with Gasteiger partial charge >= 0.3 is 0 Å². The molecular formula is C14H28O. The van der Waals surface area contributed by atoms with Gasteiger partial charge in [0.25, 0.3) is 0 Å². The number of carbonyl (C=O) groups excluding carboxylic acids is 1. The molecule has 0 aromatic carbocycles. The third-order valence-corrected chi connectivity index (χ3v) is 3.52. The molecule has 1 aliphatic rings. The van der Waals surface area contributed by atoms with E-state index in [0.29, 0.717) is 17.6 Å². The summed E-state index contributed by atoms with van der Waals surface area (Å²) >= 11 is 0. The fourth-order valence-electron chi connectivity index (χ4n) is 2.15. The van der Waals surface area contributed by atoms with E-state index in [1.165, 1.54) is 12.8 Å². The molecular weight excluding hydrogens is 184 g/mol. The topological polar surface area (TPSA) is 17.1 Å². The minimum atomic E-state index is 0.290. The van der Waals surface area contributed by atoms with E-state index in [1.54, 1.807) is 0 Å². The molecule has 15 heavy (non-hydrogen) atoms. The summed E-state index contributed by atoms with van der Waals surface area (Å²) in [5.74, 6) is 2.06. The van der Waals surface area contributed by atoms with Gasteiger partial charge in [0.05, 0.1) is 0 Å². The number of hydrogen-bond acceptors (Lipinski definition) is 1. The molecule has 1 heteroatoms. The van der Waals surface area contributed by atoms with Gasteiger partial charge in [0.1, 0.15) is 5.78 Å². The SMILES string of the molecule is CC.CCC(C)C(=O)C1CCC(C)CC1. The van der Waals surface area contributed by atoms with E-state index < -0.39 is 0 Å². The van der Waals surface area contributed by atoms with E-state index in [-0.39, 0.29) is 0 Å². The van der Waals surface area contributed by atoms with Crippen LogP contribution in [0, 0.1) is 17.8 Å². The Bertz CT molecular complexity index is 166. The van der Waals surface area contributed by atoms with Crippen LogP contribution in [0.15, 0.2) is 0 Å². The molecule has 1 fully saturated rings. The van der Waals surface area contributed by atoms with E-state index in [2.05, 4.69) is 20.8 Å². The highest BCUT2D eigenvalue weighted by Gasteiger charge is 2.26. The smallest absolute Gasteiger partial charge is 0.138 e. The highest BCUT2D eigenvalue weighted by molar-refractivity contribution is 5.83. The highest BCUT2D eigenvalue weighted by Crippen LogP contribution is 2.30. The van der Waals surface area contributed by atoms with Gasteiger partial charge in [0, 0.05) is 11.8 Å². The van der Waals surface area contributed by atoms with Gasteiger partial charge in [-0.3, -0.25) is 4.79 Å². The lowest BCUT2D eigenvalue weighted by Gasteiger charge is -2.26. The quantitative estimate of drug-likeness (QED) is 0.675. The molecule has 1 aliphatic carbocycles. The molecule has 0 N–H and O–H groups in total. The van der Waals surface area contributed by atoms with Crippen molar-refractivity contribution >= 4 is 5.78 Å². The maximum atomic E-state index is 11.8. The monoisotopic (exact) mass is 212 g/mol. The lowest BCUT2D eigenvalue weighted by Crippen LogP contribution is -2.25. The molecule has 1 unspecified atom stereocenters. The van der Waals surface area contributed by atoms with Crippen LogP contribution in [-0.4, -0.2) is 5.78 Å². The van der Waals surface area contributed by atoms with Gasteiger partial charge in [0.15, 0.2) is 0 Å². The second-order valence-electron chi connectivity index (χ2n) is 4.67. The number of hydrogen-bond donors (Lipinski definition) is 0. The molecule has 90 valence electrons. The summed E-state index contributed by atoms with van der Waals surface area (Å²) in [7, 11) is 0. The summed E-state index contributed by atoms with van der Waals surface area (Å²) in [4.78, 5) is 11.8. The molecule has 0 radical (unpaired) electrons. The lowest BCUT2D eigenvalue weighted by molar-refractivity contribution is -0.127. The molecule has 0 aromatic rings. The van der Waals surface area contributed by atoms with E-state index in [4.69, 9.17) is 0 Å². The first kappa shape index (κ1) is 14.7. The van der Waals surface area contributed by atoms with Crippen molar-refractivity contribution in [2.24, 2.45) is 17.8 Å².